The van der Waals surface area contributed by atoms with E-state index in [0.29, 0.717) is 5.75 Å². The number of phenolic OH excluding ortho intramolecular Hbond substituents is 1. The summed E-state index contributed by atoms with van der Waals surface area (Å²) in [6.45, 7) is 3.92. The molecule has 0 aliphatic heterocycles. The lowest BCUT2D eigenvalue weighted by Gasteiger charge is -2.05. The average Bonchev–Trinajstić information content (AvgIpc) is 2.47. The standard InChI is InChI=1S/C18H30O2/c1-2-3-4-5-6-7-8-9-15-20-16-14-17-10-12-18(19)13-11-17/h10-13,19H,2-9,14-16H2,1H3. The van der Waals surface area contributed by atoms with Gasteiger partial charge in [0, 0.05) is 6.61 Å². The van der Waals surface area contributed by atoms with Crippen LogP contribution in [-0.4, -0.2) is 18.3 Å². The van der Waals surface area contributed by atoms with Crippen LogP contribution < -0.4 is 0 Å². The van der Waals surface area contributed by atoms with Crippen molar-refractivity contribution in [2.75, 3.05) is 13.2 Å². The number of hydrogen-bond donors (Lipinski definition) is 1. The number of aromatic hydroxyl groups is 1. The molecular formula is C18H30O2. The fraction of sp³-hybridized carbons (Fsp3) is 0.667. The van der Waals surface area contributed by atoms with Gasteiger partial charge in [-0.25, -0.2) is 0 Å². The summed E-state index contributed by atoms with van der Waals surface area (Å²) in [6.07, 6.45) is 11.7. The lowest BCUT2D eigenvalue weighted by atomic mass is 10.1. The molecule has 0 spiro atoms. The van der Waals surface area contributed by atoms with Gasteiger partial charge >= 0.3 is 0 Å². The Hall–Kier alpha value is -1.02. The maximum atomic E-state index is 9.19. The molecular weight excluding hydrogens is 248 g/mol. The van der Waals surface area contributed by atoms with Crippen molar-refractivity contribution in [2.45, 2.75) is 64.7 Å². The number of benzene rings is 1. The zero-order chi connectivity index (χ0) is 14.5. The predicted octanol–water partition coefficient (Wildman–Crippen LogP) is 5.09. The maximum Gasteiger partial charge on any atom is 0.115 e. The van der Waals surface area contributed by atoms with Crippen molar-refractivity contribution in [1.82, 2.24) is 0 Å². The molecule has 0 fully saturated rings. The van der Waals surface area contributed by atoms with Crippen molar-refractivity contribution in [1.29, 1.82) is 0 Å². The Morgan fingerprint density at radius 1 is 0.800 bits per heavy atom. The average molecular weight is 278 g/mol. The highest BCUT2D eigenvalue weighted by Crippen LogP contribution is 2.10. The Bertz CT molecular complexity index is 319. The van der Waals surface area contributed by atoms with E-state index in [4.69, 9.17) is 4.74 Å². The van der Waals surface area contributed by atoms with Gasteiger partial charge in [-0.2, -0.15) is 0 Å². The molecule has 0 heterocycles. The summed E-state index contributed by atoms with van der Waals surface area (Å²) in [7, 11) is 0. The molecule has 0 amide bonds. The molecule has 1 rings (SSSR count). The molecule has 0 aromatic heterocycles. The van der Waals surface area contributed by atoms with Crippen molar-refractivity contribution in [3.05, 3.63) is 29.8 Å². The van der Waals surface area contributed by atoms with E-state index < -0.39 is 0 Å². The van der Waals surface area contributed by atoms with Gasteiger partial charge in [-0.15, -0.1) is 0 Å². The van der Waals surface area contributed by atoms with Crippen LogP contribution in [0.3, 0.4) is 0 Å². The molecule has 20 heavy (non-hydrogen) atoms. The SMILES string of the molecule is CCCCCCCCCCOCCc1ccc(O)cc1. The van der Waals surface area contributed by atoms with Crippen LogP contribution in [0.25, 0.3) is 0 Å². The highest BCUT2D eigenvalue weighted by molar-refractivity contribution is 5.25. The Morgan fingerprint density at radius 3 is 2.05 bits per heavy atom. The van der Waals surface area contributed by atoms with Gasteiger partial charge in [0.05, 0.1) is 6.61 Å². The van der Waals surface area contributed by atoms with E-state index in [1.165, 1.54) is 56.9 Å². The molecule has 0 saturated heterocycles. The zero-order valence-corrected chi connectivity index (χ0v) is 12.9. The minimum atomic E-state index is 0.327. The second-order valence-electron chi connectivity index (χ2n) is 5.50. The van der Waals surface area contributed by atoms with Crippen LogP contribution in [0.4, 0.5) is 0 Å². The van der Waals surface area contributed by atoms with Crippen LogP contribution in [0, 0.1) is 0 Å². The van der Waals surface area contributed by atoms with E-state index in [9.17, 15) is 5.11 Å². The minimum absolute atomic E-state index is 0.327. The molecule has 0 saturated carbocycles. The molecule has 0 atom stereocenters. The van der Waals surface area contributed by atoms with Gasteiger partial charge in [-0.3, -0.25) is 0 Å². The Kier molecular flexibility index (Phi) is 10.0. The van der Waals surface area contributed by atoms with E-state index in [2.05, 4.69) is 6.92 Å². The molecule has 0 radical (unpaired) electrons. The van der Waals surface area contributed by atoms with Gasteiger partial charge in [-0.05, 0) is 30.5 Å². The third-order valence-corrected chi connectivity index (χ3v) is 3.61. The normalized spacial score (nSPS) is 10.8. The second-order valence-corrected chi connectivity index (χ2v) is 5.50. The molecule has 114 valence electrons. The maximum absolute atomic E-state index is 9.19. The molecule has 2 nitrogen and oxygen atoms in total. The van der Waals surface area contributed by atoms with Crippen LogP contribution in [-0.2, 0) is 11.2 Å². The molecule has 2 heteroatoms. The number of unbranched alkanes of at least 4 members (excludes halogenated alkanes) is 7. The van der Waals surface area contributed by atoms with Crippen LogP contribution >= 0.6 is 0 Å². The van der Waals surface area contributed by atoms with Gasteiger partial charge in [0.1, 0.15) is 5.75 Å². The summed E-state index contributed by atoms with van der Waals surface area (Å²) in [6, 6.07) is 7.37. The van der Waals surface area contributed by atoms with E-state index in [-0.39, 0.29) is 0 Å². The molecule has 0 unspecified atom stereocenters. The van der Waals surface area contributed by atoms with Crippen molar-refractivity contribution in [2.24, 2.45) is 0 Å². The highest BCUT2D eigenvalue weighted by Gasteiger charge is 1.95. The lowest BCUT2D eigenvalue weighted by Crippen LogP contribution is -2.00. The van der Waals surface area contributed by atoms with Gasteiger partial charge < -0.3 is 9.84 Å². The highest BCUT2D eigenvalue weighted by atomic mass is 16.5. The third kappa shape index (κ3) is 8.98. The predicted molar refractivity (Wildman–Crippen MR) is 85.2 cm³/mol. The largest absolute Gasteiger partial charge is 0.508 e. The van der Waals surface area contributed by atoms with Gasteiger partial charge in [0.2, 0.25) is 0 Å². The first-order valence-electron chi connectivity index (χ1n) is 8.18. The zero-order valence-electron chi connectivity index (χ0n) is 12.9. The van der Waals surface area contributed by atoms with Crippen molar-refractivity contribution in [3.63, 3.8) is 0 Å². The van der Waals surface area contributed by atoms with Crippen LogP contribution in [0.5, 0.6) is 5.75 Å². The van der Waals surface area contributed by atoms with E-state index in [1.54, 1.807) is 12.1 Å². The van der Waals surface area contributed by atoms with Crippen LogP contribution in [0.15, 0.2) is 24.3 Å². The van der Waals surface area contributed by atoms with Crippen molar-refractivity contribution in [3.8, 4) is 5.75 Å². The number of ether oxygens (including phenoxy) is 1. The van der Waals surface area contributed by atoms with E-state index in [1.807, 2.05) is 12.1 Å². The quantitative estimate of drug-likeness (QED) is 0.539. The lowest BCUT2D eigenvalue weighted by molar-refractivity contribution is 0.133. The minimum Gasteiger partial charge on any atom is -0.508 e. The molecule has 1 N–H and O–H groups in total. The summed E-state index contributed by atoms with van der Waals surface area (Å²) in [4.78, 5) is 0. The first kappa shape index (κ1) is 17.0. The molecule has 1 aromatic rings. The molecule has 0 aliphatic carbocycles. The van der Waals surface area contributed by atoms with Gasteiger partial charge in [-0.1, -0.05) is 64.0 Å². The number of hydrogen-bond acceptors (Lipinski definition) is 2. The van der Waals surface area contributed by atoms with E-state index >= 15 is 0 Å². The summed E-state index contributed by atoms with van der Waals surface area (Å²) in [5.74, 6) is 0.327. The Morgan fingerprint density at radius 2 is 1.40 bits per heavy atom. The molecule has 1 aromatic carbocycles. The Labute approximate surface area is 124 Å². The Balaban J connectivity index is 1.84. The second kappa shape index (κ2) is 11.8. The van der Waals surface area contributed by atoms with Crippen molar-refractivity contribution < 1.29 is 9.84 Å². The summed E-state index contributed by atoms with van der Waals surface area (Å²) < 4.78 is 5.65. The third-order valence-electron chi connectivity index (χ3n) is 3.61. The van der Waals surface area contributed by atoms with Crippen molar-refractivity contribution >= 4 is 0 Å². The summed E-state index contributed by atoms with van der Waals surface area (Å²) >= 11 is 0. The molecule has 0 bridgehead atoms. The van der Waals surface area contributed by atoms with Gasteiger partial charge in [0.15, 0.2) is 0 Å². The molecule has 0 aliphatic rings. The number of phenols is 1. The van der Waals surface area contributed by atoms with E-state index in [0.717, 1.165) is 19.6 Å². The van der Waals surface area contributed by atoms with Crippen LogP contribution in [0.1, 0.15) is 63.9 Å². The monoisotopic (exact) mass is 278 g/mol. The summed E-state index contributed by atoms with van der Waals surface area (Å²) in [5, 5.41) is 9.19. The first-order chi connectivity index (χ1) is 9.83. The first-order valence-corrected chi connectivity index (χ1v) is 8.18. The van der Waals surface area contributed by atoms with Gasteiger partial charge in [0.25, 0.3) is 0 Å². The topological polar surface area (TPSA) is 29.5 Å². The van der Waals surface area contributed by atoms with Crippen LogP contribution in [0.2, 0.25) is 0 Å². The fourth-order valence-electron chi connectivity index (χ4n) is 2.29. The number of rotatable bonds is 12. The summed E-state index contributed by atoms with van der Waals surface area (Å²) in [5.41, 5.74) is 1.22. The fourth-order valence-corrected chi connectivity index (χ4v) is 2.29. The smallest absolute Gasteiger partial charge is 0.115 e.